The Hall–Kier alpha value is -2.36. The first-order chi connectivity index (χ1) is 14.1. The van der Waals surface area contributed by atoms with Crippen molar-refractivity contribution in [2.45, 2.75) is 26.6 Å². The predicted octanol–water partition coefficient (Wildman–Crippen LogP) is 5.77. The Bertz CT molecular complexity index is 1080. The second kappa shape index (κ2) is 8.79. The van der Waals surface area contributed by atoms with Gasteiger partial charge >= 0.3 is 6.18 Å². The lowest BCUT2D eigenvalue weighted by molar-refractivity contribution is -0.137. The van der Waals surface area contributed by atoms with Crippen LogP contribution in [0, 0.1) is 0 Å². The molecule has 0 saturated heterocycles. The number of thiazole rings is 1. The van der Waals surface area contributed by atoms with Crippen molar-refractivity contribution < 1.29 is 23.1 Å². The number of fused-ring (bicyclic) bond motifs is 1. The first-order valence-electron chi connectivity index (χ1n) is 9.15. The Morgan fingerprint density at radius 3 is 2.57 bits per heavy atom. The van der Waals surface area contributed by atoms with E-state index in [1.807, 2.05) is 13.8 Å². The van der Waals surface area contributed by atoms with E-state index in [0.29, 0.717) is 22.6 Å². The minimum Gasteiger partial charge on any atom is -0.507 e. The van der Waals surface area contributed by atoms with Crippen molar-refractivity contribution in [3.63, 3.8) is 0 Å². The highest BCUT2D eigenvalue weighted by Gasteiger charge is 2.30. The van der Waals surface area contributed by atoms with Crippen LogP contribution in [-0.2, 0) is 12.7 Å². The molecule has 3 aromatic rings. The van der Waals surface area contributed by atoms with Gasteiger partial charge in [-0.1, -0.05) is 36.8 Å². The van der Waals surface area contributed by atoms with E-state index in [2.05, 4.69) is 15.2 Å². The SMILES string of the molecule is CCN(CC)Cc1cc(Cl)cc(C(=O)Nc2nc3ccc(C(F)(F)F)cc3s2)c1O. The molecule has 0 spiro atoms. The second-order valence-corrected chi connectivity index (χ2v) is 8.04. The Morgan fingerprint density at radius 2 is 1.93 bits per heavy atom. The van der Waals surface area contributed by atoms with Crippen molar-refractivity contribution in [3.05, 3.63) is 52.0 Å². The highest BCUT2D eigenvalue weighted by Crippen LogP contribution is 2.35. The van der Waals surface area contributed by atoms with E-state index in [4.69, 9.17) is 11.6 Å². The van der Waals surface area contributed by atoms with Gasteiger partial charge in [0, 0.05) is 17.1 Å². The quantitative estimate of drug-likeness (QED) is 0.493. The molecule has 30 heavy (non-hydrogen) atoms. The molecule has 5 nitrogen and oxygen atoms in total. The van der Waals surface area contributed by atoms with Crippen LogP contribution in [0.2, 0.25) is 5.02 Å². The van der Waals surface area contributed by atoms with Crippen LogP contribution in [0.5, 0.6) is 5.75 Å². The molecule has 2 N–H and O–H groups in total. The second-order valence-electron chi connectivity index (χ2n) is 6.58. The van der Waals surface area contributed by atoms with Crippen LogP contribution in [0.25, 0.3) is 10.2 Å². The topological polar surface area (TPSA) is 65.5 Å². The molecular formula is C20H19ClF3N3O2S. The van der Waals surface area contributed by atoms with Gasteiger partial charge in [0.05, 0.1) is 21.3 Å². The average Bonchev–Trinajstić information content (AvgIpc) is 3.08. The third-order valence-electron chi connectivity index (χ3n) is 4.62. The van der Waals surface area contributed by atoms with Gasteiger partial charge in [-0.2, -0.15) is 13.2 Å². The van der Waals surface area contributed by atoms with Crippen LogP contribution >= 0.6 is 22.9 Å². The van der Waals surface area contributed by atoms with Gasteiger partial charge in [0.15, 0.2) is 5.13 Å². The van der Waals surface area contributed by atoms with Crippen molar-refractivity contribution in [2.75, 3.05) is 18.4 Å². The van der Waals surface area contributed by atoms with E-state index < -0.39 is 17.6 Å². The molecule has 0 saturated carbocycles. The number of hydrogen-bond donors (Lipinski definition) is 2. The number of carbonyl (C=O) groups excluding carboxylic acids is 1. The fourth-order valence-corrected chi connectivity index (χ4v) is 4.10. The molecule has 1 heterocycles. The number of aromatic nitrogens is 1. The molecule has 0 bridgehead atoms. The van der Waals surface area contributed by atoms with Crippen LogP contribution in [0.3, 0.4) is 0 Å². The van der Waals surface area contributed by atoms with Crippen LogP contribution < -0.4 is 5.32 Å². The van der Waals surface area contributed by atoms with Gasteiger partial charge in [-0.05, 0) is 43.4 Å². The monoisotopic (exact) mass is 457 g/mol. The van der Waals surface area contributed by atoms with E-state index in [1.54, 1.807) is 6.07 Å². The van der Waals surface area contributed by atoms with Crippen molar-refractivity contribution in [1.29, 1.82) is 0 Å². The number of nitrogens with zero attached hydrogens (tertiary/aromatic N) is 2. The van der Waals surface area contributed by atoms with Gasteiger partial charge in [-0.15, -0.1) is 0 Å². The summed E-state index contributed by atoms with van der Waals surface area (Å²) in [5.41, 5.74) is 0.0289. The van der Waals surface area contributed by atoms with Crippen LogP contribution in [0.1, 0.15) is 35.3 Å². The van der Waals surface area contributed by atoms with Gasteiger partial charge in [0.1, 0.15) is 5.75 Å². The largest absolute Gasteiger partial charge is 0.507 e. The number of hydrogen-bond acceptors (Lipinski definition) is 5. The zero-order valence-electron chi connectivity index (χ0n) is 16.2. The zero-order chi connectivity index (χ0) is 22.1. The standard InChI is InChI=1S/C20H19ClF3N3O2S/c1-3-27(4-2)10-11-7-13(21)9-14(17(11)28)18(29)26-19-25-15-6-5-12(20(22,23)24)8-16(15)30-19/h5-9,28H,3-4,10H2,1-2H3,(H,25,26,29). The summed E-state index contributed by atoms with van der Waals surface area (Å²) in [6.07, 6.45) is -4.46. The van der Waals surface area contributed by atoms with Gasteiger partial charge in [0.25, 0.3) is 5.91 Å². The van der Waals surface area contributed by atoms with Crippen LogP contribution in [-0.4, -0.2) is 34.0 Å². The lowest BCUT2D eigenvalue weighted by atomic mass is 10.1. The molecule has 1 amide bonds. The molecule has 3 rings (SSSR count). The van der Waals surface area contributed by atoms with E-state index in [1.165, 1.54) is 12.1 Å². The third-order valence-corrected chi connectivity index (χ3v) is 5.77. The summed E-state index contributed by atoms with van der Waals surface area (Å²) >= 11 is 7.05. The molecule has 10 heteroatoms. The smallest absolute Gasteiger partial charge is 0.416 e. The fourth-order valence-electron chi connectivity index (χ4n) is 2.96. The molecule has 2 aromatic carbocycles. The number of amides is 1. The number of halogens is 4. The predicted molar refractivity (Wildman–Crippen MR) is 112 cm³/mol. The number of phenolic OH excluding ortho intramolecular Hbond substituents is 1. The summed E-state index contributed by atoms with van der Waals surface area (Å²) in [4.78, 5) is 18.9. The van der Waals surface area contributed by atoms with E-state index in [0.717, 1.165) is 36.6 Å². The molecule has 0 aliphatic rings. The fraction of sp³-hybridized carbons (Fsp3) is 0.300. The van der Waals surface area contributed by atoms with Crippen LogP contribution in [0.15, 0.2) is 30.3 Å². The van der Waals surface area contributed by atoms with Gasteiger partial charge in [-0.3, -0.25) is 15.0 Å². The maximum absolute atomic E-state index is 12.9. The number of anilines is 1. The number of rotatable bonds is 6. The van der Waals surface area contributed by atoms with E-state index >= 15 is 0 Å². The summed E-state index contributed by atoms with van der Waals surface area (Å²) in [7, 11) is 0. The summed E-state index contributed by atoms with van der Waals surface area (Å²) in [6, 6.07) is 6.12. The summed E-state index contributed by atoms with van der Waals surface area (Å²) in [5, 5.41) is 13.5. The van der Waals surface area contributed by atoms with Gasteiger partial charge in [0.2, 0.25) is 0 Å². The number of benzene rings is 2. The highest BCUT2D eigenvalue weighted by atomic mass is 35.5. The maximum Gasteiger partial charge on any atom is 0.416 e. The lowest BCUT2D eigenvalue weighted by Crippen LogP contribution is -2.22. The van der Waals surface area contributed by atoms with E-state index in [-0.39, 0.29) is 21.1 Å². The first kappa shape index (κ1) is 22.3. The highest BCUT2D eigenvalue weighted by molar-refractivity contribution is 7.22. The summed E-state index contributed by atoms with van der Waals surface area (Å²) in [5.74, 6) is -0.838. The number of nitrogens with one attached hydrogen (secondary N) is 1. The normalized spacial score (nSPS) is 12.0. The third kappa shape index (κ3) is 4.85. The van der Waals surface area contributed by atoms with Gasteiger partial charge in [-0.25, -0.2) is 4.98 Å². The van der Waals surface area contributed by atoms with Crippen molar-refractivity contribution >= 4 is 44.2 Å². The molecule has 0 unspecified atom stereocenters. The maximum atomic E-state index is 12.9. The Balaban J connectivity index is 1.87. The number of phenols is 1. The van der Waals surface area contributed by atoms with Crippen molar-refractivity contribution in [1.82, 2.24) is 9.88 Å². The first-order valence-corrected chi connectivity index (χ1v) is 10.3. The molecular weight excluding hydrogens is 439 g/mol. The molecule has 160 valence electrons. The lowest BCUT2D eigenvalue weighted by Gasteiger charge is -2.19. The van der Waals surface area contributed by atoms with Crippen molar-refractivity contribution in [3.8, 4) is 5.75 Å². The minimum absolute atomic E-state index is 0.0279. The Labute approximate surface area is 180 Å². The van der Waals surface area contributed by atoms with Gasteiger partial charge < -0.3 is 5.11 Å². The molecule has 0 fully saturated rings. The summed E-state index contributed by atoms with van der Waals surface area (Å²) < 4.78 is 38.9. The molecule has 0 aliphatic heterocycles. The minimum atomic E-state index is -4.46. The van der Waals surface area contributed by atoms with E-state index in [9.17, 15) is 23.1 Å². The van der Waals surface area contributed by atoms with Crippen molar-refractivity contribution in [2.24, 2.45) is 0 Å². The van der Waals surface area contributed by atoms with Crippen LogP contribution in [0.4, 0.5) is 18.3 Å². The molecule has 0 radical (unpaired) electrons. The number of carbonyl (C=O) groups is 1. The number of alkyl halides is 3. The number of aromatic hydroxyl groups is 1. The average molecular weight is 458 g/mol. The molecule has 1 aromatic heterocycles. The Morgan fingerprint density at radius 1 is 1.23 bits per heavy atom. The summed E-state index contributed by atoms with van der Waals surface area (Å²) in [6.45, 7) is 5.90. The molecule has 0 aliphatic carbocycles. The Kier molecular flexibility index (Phi) is 6.54. The molecule has 0 atom stereocenters. The zero-order valence-corrected chi connectivity index (χ0v) is 17.8.